The van der Waals surface area contributed by atoms with E-state index in [2.05, 4.69) is 5.32 Å². The molecule has 0 aliphatic rings. The zero-order valence-electron chi connectivity index (χ0n) is 12.4. The predicted molar refractivity (Wildman–Crippen MR) is 86.7 cm³/mol. The fourth-order valence-corrected chi connectivity index (χ4v) is 2.04. The summed E-state index contributed by atoms with van der Waals surface area (Å²) in [5.41, 5.74) is 3.46. The fourth-order valence-electron chi connectivity index (χ4n) is 2.04. The molecule has 0 fully saturated rings. The number of amides is 1. The van der Waals surface area contributed by atoms with Gasteiger partial charge in [-0.25, -0.2) is 0 Å². The molecule has 0 aliphatic carbocycles. The van der Waals surface area contributed by atoms with Crippen LogP contribution >= 0.6 is 0 Å². The first-order valence-electron chi connectivity index (χ1n) is 6.76. The lowest BCUT2D eigenvalue weighted by Crippen LogP contribution is -2.08. The summed E-state index contributed by atoms with van der Waals surface area (Å²) in [7, 11) is 0. The number of nitrogens with zero attached hydrogens (tertiary/aromatic N) is 1. The Labute approximate surface area is 128 Å². The molecule has 5 heteroatoms. The van der Waals surface area contributed by atoms with Crippen LogP contribution in [0.5, 0.6) is 0 Å². The molecule has 0 bridgehead atoms. The van der Waals surface area contributed by atoms with Crippen molar-refractivity contribution in [2.24, 2.45) is 0 Å². The van der Waals surface area contributed by atoms with Gasteiger partial charge >= 0.3 is 0 Å². The van der Waals surface area contributed by atoms with Crippen molar-refractivity contribution in [1.29, 1.82) is 0 Å². The van der Waals surface area contributed by atoms with Crippen LogP contribution in [0.1, 0.15) is 16.7 Å². The molecule has 0 heterocycles. The van der Waals surface area contributed by atoms with Crippen LogP contribution in [0.4, 0.5) is 11.4 Å². The van der Waals surface area contributed by atoms with Crippen LogP contribution in [0.15, 0.2) is 48.5 Å². The molecule has 1 N–H and O–H groups in total. The third-order valence-corrected chi connectivity index (χ3v) is 3.15. The van der Waals surface area contributed by atoms with Crippen molar-refractivity contribution in [3.05, 3.63) is 75.3 Å². The van der Waals surface area contributed by atoms with Crippen molar-refractivity contribution < 1.29 is 9.72 Å². The van der Waals surface area contributed by atoms with E-state index in [1.807, 2.05) is 32.0 Å². The smallest absolute Gasteiger partial charge is 0.270 e. The molecule has 2 rings (SSSR count). The Morgan fingerprint density at radius 1 is 1.18 bits per heavy atom. The van der Waals surface area contributed by atoms with E-state index < -0.39 is 4.92 Å². The largest absolute Gasteiger partial charge is 0.322 e. The first kappa shape index (κ1) is 15.4. The molecule has 0 aliphatic heterocycles. The van der Waals surface area contributed by atoms with Gasteiger partial charge in [-0.15, -0.1) is 0 Å². The highest BCUT2D eigenvalue weighted by Crippen LogP contribution is 2.17. The lowest BCUT2D eigenvalue weighted by atomic mass is 10.1. The van der Waals surface area contributed by atoms with Crippen LogP contribution in [0.2, 0.25) is 0 Å². The van der Waals surface area contributed by atoms with Gasteiger partial charge < -0.3 is 5.32 Å². The zero-order valence-corrected chi connectivity index (χ0v) is 12.4. The quantitative estimate of drug-likeness (QED) is 0.529. The van der Waals surface area contributed by atoms with Crippen LogP contribution in [0, 0.1) is 24.0 Å². The Hall–Kier alpha value is -2.95. The molecule has 2 aromatic rings. The fraction of sp³-hybridized carbons (Fsp3) is 0.118. The van der Waals surface area contributed by atoms with Gasteiger partial charge in [-0.1, -0.05) is 29.8 Å². The van der Waals surface area contributed by atoms with Gasteiger partial charge in [0.2, 0.25) is 5.91 Å². The lowest BCUT2D eigenvalue weighted by molar-refractivity contribution is -0.384. The van der Waals surface area contributed by atoms with Crippen molar-refractivity contribution in [3.8, 4) is 0 Å². The molecule has 0 aromatic heterocycles. The molecular weight excluding hydrogens is 280 g/mol. The number of rotatable bonds is 4. The number of carbonyl (C=O) groups is 1. The number of non-ortho nitro benzene ring substituents is 1. The van der Waals surface area contributed by atoms with E-state index in [-0.39, 0.29) is 11.6 Å². The average Bonchev–Trinajstić information content (AvgIpc) is 2.48. The van der Waals surface area contributed by atoms with Gasteiger partial charge in [0.25, 0.3) is 5.69 Å². The monoisotopic (exact) mass is 296 g/mol. The number of nitrogens with one attached hydrogen (secondary N) is 1. The normalized spacial score (nSPS) is 10.6. The standard InChI is InChI=1S/C17H16N2O3/c1-12-6-8-16(13(2)10-12)18-17(20)9-7-14-4-3-5-15(11-14)19(21)22/h3-11H,1-2H3,(H,18,20). The maximum atomic E-state index is 11.9. The number of hydrogen-bond donors (Lipinski definition) is 1. The van der Waals surface area contributed by atoms with Gasteiger partial charge in [0.05, 0.1) is 4.92 Å². The van der Waals surface area contributed by atoms with Gasteiger partial charge in [0.1, 0.15) is 0 Å². The minimum absolute atomic E-state index is 0.00284. The van der Waals surface area contributed by atoms with Gasteiger partial charge in [0.15, 0.2) is 0 Å². The number of aryl methyl sites for hydroxylation is 2. The maximum absolute atomic E-state index is 11.9. The maximum Gasteiger partial charge on any atom is 0.270 e. The molecule has 0 unspecified atom stereocenters. The first-order valence-corrected chi connectivity index (χ1v) is 6.76. The number of benzene rings is 2. The summed E-state index contributed by atoms with van der Waals surface area (Å²) in [6.45, 7) is 3.91. The summed E-state index contributed by atoms with van der Waals surface area (Å²) in [6, 6.07) is 11.9. The van der Waals surface area contributed by atoms with E-state index in [0.717, 1.165) is 16.8 Å². The van der Waals surface area contributed by atoms with E-state index >= 15 is 0 Å². The molecule has 2 aromatic carbocycles. The van der Waals surface area contributed by atoms with Crippen LogP contribution < -0.4 is 5.32 Å². The Kier molecular flexibility index (Phi) is 4.68. The second-order valence-electron chi connectivity index (χ2n) is 4.99. The van der Waals surface area contributed by atoms with Crippen molar-refractivity contribution >= 4 is 23.4 Å². The second-order valence-corrected chi connectivity index (χ2v) is 4.99. The first-order chi connectivity index (χ1) is 10.5. The van der Waals surface area contributed by atoms with Gasteiger partial charge in [-0.2, -0.15) is 0 Å². The third kappa shape index (κ3) is 4.02. The summed E-state index contributed by atoms with van der Waals surface area (Å²) in [6.07, 6.45) is 2.91. The number of carbonyl (C=O) groups excluding carboxylic acids is 1. The molecule has 0 spiro atoms. The van der Waals surface area contributed by atoms with Gasteiger partial charge in [0, 0.05) is 23.9 Å². The molecule has 5 nitrogen and oxygen atoms in total. The summed E-state index contributed by atoms with van der Waals surface area (Å²) < 4.78 is 0. The van der Waals surface area contributed by atoms with Crippen molar-refractivity contribution in [2.45, 2.75) is 13.8 Å². The van der Waals surface area contributed by atoms with E-state index in [9.17, 15) is 14.9 Å². The Balaban J connectivity index is 2.08. The highest BCUT2D eigenvalue weighted by Gasteiger charge is 2.05. The van der Waals surface area contributed by atoms with Crippen LogP contribution in [-0.2, 0) is 4.79 Å². The molecule has 1 amide bonds. The van der Waals surface area contributed by atoms with Crippen LogP contribution in [0.25, 0.3) is 6.08 Å². The number of anilines is 1. The Morgan fingerprint density at radius 2 is 1.95 bits per heavy atom. The molecule has 0 radical (unpaired) electrons. The average molecular weight is 296 g/mol. The number of nitro benzene ring substituents is 1. The minimum atomic E-state index is -0.465. The molecule has 0 atom stereocenters. The molecule has 0 saturated heterocycles. The minimum Gasteiger partial charge on any atom is -0.322 e. The summed E-state index contributed by atoms with van der Waals surface area (Å²) in [5, 5.41) is 13.5. The lowest BCUT2D eigenvalue weighted by Gasteiger charge is -2.07. The molecule has 0 saturated carbocycles. The highest BCUT2D eigenvalue weighted by molar-refractivity contribution is 6.02. The van der Waals surface area contributed by atoms with E-state index in [0.29, 0.717) is 5.56 Å². The van der Waals surface area contributed by atoms with Crippen molar-refractivity contribution in [1.82, 2.24) is 0 Å². The topological polar surface area (TPSA) is 72.2 Å². The Bertz CT molecular complexity index is 751. The molecule has 112 valence electrons. The van der Waals surface area contributed by atoms with E-state index in [1.165, 1.54) is 18.2 Å². The number of nitro groups is 1. The Morgan fingerprint density at radius 3 is 2.64 bits per heavy atom. The zero-order chi connectivity index (χ0) is 16.1. The van der Waals surface area contributed by atoms with Gasteiger partial charge in [-0.05, 0) is 37.1 Å². The summed E-state index contributed by atoms with van der Waals surface area (Å²) in [4.78, 5) is 22.1. The number of hydrogen-bond acceptors (Lipinski definition) is 3. The summed E-state index contributed by atoms with van der Waals surface area (Å²) in [5.74, 6) is -0.279. The summed E-state index contributed by atoms with van der Waals surface area (Å²) >= 11 is 0. The van der Waals surface area contributed by atoms with Crippen molar-refractivity contribution in [2.75, 3.05) is 5.32 Å². The third-order valence-electron chi connectivity index (χ3n) is 3.15. The van der Waals surface area contributed by atoms with Crippen LogP contribution in [-0.4, -0.2) is 10.8 Å². The highest BCUT2D eigenvalue weighted by atomic mass is 16.6. The predicted octanol–water partition coefficient (Wildman–Crippen LogP) is 3.86. The second kappa shape index (κ2) is 6.67. The van der Waals surface area contributed by atoms with Crippen molar-refractivity contribution in [3.63, 3.8) is 0 Å². The van der Waals surface area contributed by atoms with Gasteiger partial charge in [-0.3, -0.25) is 14.9 Å². The SMILES string of the molecule is Cc1ccc(NC(=O)C=Cc2cccc([N+](=O)[O-])c2)c(C)c1. The van der Waals surface area contributed by atoms with Crippen LogP contribution in [0.3, 0.4) is 0 Å². The molecular formula is C17H16N2O3. The molecule has 22 heavy (non-hydrogen) atoms. The van der Waals surface area contributed by atoms with E-state index in [1.54, 1.807) is 18.2 Å². The van der Waals surface area contributed by atoms with E-state index in [4.69, 9.17) is 0 Å².